The predicted molar refractivity (Wildman–Crippen MR) is 84.3 cm³/mol. The Bertz CT molecular complexity index is 647. The lowest BCUT2D eigenvalue weighted by atomic mass is 10.2. The van der Waals surface area contributed by atoms with Crippen molar-refractivity contribution in [3.8, 4) is 0 Å². The van der Waals surface area contributed by atoms with Crippen molar-refractivity contribution in [2.24, 2.45) is 0 Å². The average molecular weight is 380 g/mol. The van der Waals surface area contributed by atoms with E-state index in [1.54, 1.807) is 11.8 Å². The highest BCUT2D eigenvalue weighted by Gasteiger charge is 2.32. The lowest BCUT2D eigenvalue weighted by Gasteiger charge is -2.35. The van der Waals surface area contributed by atoms with Crippen LogP contribution in [0.15, 0.2) is 12.3 Å². The number of amides is 1. The first-order valence-corrected chi connectivity index (χ1v) is 8.01. The van der Waals surface area contributed by atoms with Gasteiger partial charge in [0.25, 0.3) is 5.91 Å². The number of rotatable bonds is 4. The number of hydrogen-bond acceptors (Lipinski definition) is 5. The van der Waals surface area contributed by atoms with Crippen molar-refractivity contribution < 1.29 is 27.5 Å². The summed E-state index contributed by atoms with van der Waals surface area (Å²) in [5, 5.41) is -0.0912. The smallest absolute Gasteiger partial charge is 0.417 e. The van der Waals surface area contributed by atoms with E-state index in [2.05, 4.69) is 4.98 Å². The van der Waals surface area contributed by atoms with E-state index in [-0.39, 0.29) is 29.8 Å². The summed E-state index contributed by atoms with van der Waals surface area (Å²) in [6.45, 7) is 2.72. The predicted octanol–water partition coefficient (Wildman–Crippen LogP) is 2.36. The Balaban J connectivity index is 1.94. The summed E-state index contributed by atoms with van der Waals surface area (Å²) < 4.78 is 42.7. The molecule has 0 spiro atoms. The second kappa shape index (κ2) is 7.90. The number of nitrogens with zero attached hydrogens (tertiary/aromatic N) is 3. The Kier molecular flexibility index (Phi) is 6.10. The van der Waals surface area contributed by atoms with Crippen molar-refractivity contribution in [3.63, 3.8) is 0 Å². The maximum Gasteiger partial charge on any atom is 0.417 e. The van der Waals surface area contributed by atoms with Gasteiger partial charge in [-0.15, -0.1) is 0 Å². The molecule has 1 fully saturated rings. The standard InChI is InChI=1S/C15H17ClF3N3O3/c1-2-13(24)25-9-12(23)21-3-5-22(6-4-21)14-11(16)7-10(8-20-14)15(17,18)19/h7-8H,2-6,9H2,1H3. The van der Waals surface area contributed by atoms with Gasteiger partial charge >= 0.3 is 12.1 Å². The molecule has 6 nitrogen and oxygen atoms in total. The molecule has 0 unspecified atom stereocenters. The van der Waals surface area contributed by atoms with Crippen LogP contribution in [0.25, 0.3) is 0 Å². The van der Waals surface area contributed by atoms with E-state index >= 15 is 0 Å². The number of carbonyl (C=O) groups is 2. The first-order chi connectivity index (χ1) is 11.7. The third kappa shape index (κ3) is 4.97. The van der Waals surface area contributed by atoms with E-state index in [0.717, 1.165) is 12.3 Å². The van der Waals surface area contributed by atoms with Crippen LogP contribution in [0, 0.1) is 0 Å². The lowest BCUT2D eigenvalue weighted by molar-refractivity contribution is -0.151. The number of ether oxygens (including phenoxy) is 1. The Morgan fingerprint density at radius 1 is 1.28 bits per heavy atom. The summed E-state index contributed by atoms with van der Waals surface area (Å²) in [6.07, 6.45) is -3.57. The minimum Gasteiger partial charge on any atom is -0.456 e. The van der Waals surface area contributed by atoms with Gasteiger partial charge in [-0.2, -0.15) is 13.2 Å². The monoisotopic (exact) mass is 379 g/mol. The number of anilines is 1. The second-order valence-electron chi connectivity index (χ2n) is 5.41. The summed E-state index contributed by atoms with van der Waals surface area (Å²) in [7, 11) is 0. The lowest BCUT2D eigenvalue weighted by Crippen LogP contribution is -2.50. The molecule has 138 valence electrons. The van der Waals surface area contributed by atoms with Crippen molar-refractivity contribution in [2.45, 2.75) is 19.5 Å². The zero-order chi connectivity index (χ0) is 18.6. The van der Waals surface area contributed by atoms with Gasteiger partial charge < -0.3 is 14.5 Å². The van der Waals surface area contributed by atoms with Crippen molar-refractivity contribution in [3.05, 3.63) is 22.8 Å². The Hall–Kier alpha value is -2.03. The van der Waals surface area contributed by atoms with Crippen molar-refractivity contribution in [1.29, 1.82) is 0 Å². The molecule has 2 rings (SSSR count). The van der Waals surface area contributed by atoms with Crippen LogP contribution in [0.1, 0.15) is 18.9 Å². The molecule has 1 amide bonds. The van der Waals surface area contributed by atoms with E-state index in [9.17, 15) is 22.8 Å². The van der Waals surface area contributed by atoms with Crippen molar-refractivity contribution in [2.75, 3.05) is 37.7 Å². The average Bonchev–Trinajstić information content (AvgIpc) is 2.58. The van der Waals surface area contributed by atoms with Crippen LogP contribution in [0.5, 0.6) is 0 Å². The molecular weight excluding hydrogens is 363 g/mol. The molecule has 10 heteroatoms. The maximum absolute atomic E-state index is 12.6. The number of carbonyl (C=O) groups excluding carboxylic acids is 2. The van der Waals surface area contributed by atoms with Gasteiger partial charge in [0.2, 0.25) is 0 Å². The number of halogens is 4. The molecule has 0 aromatic carbocycles. The van der Waals surface area contributed by atoms with Gasteiger partial charge in [0.1, 0.15) is 5.82 Å². The largest absolute Gasteiger partial charge is 0.456 e. The van der Waals surface area contributed by atoms with Crippen LogP contribution in [0.2, 0.25) is 5.02 Å². The number of esters is 1. The van der Waals surface area contributed by atoms with Crippen LogP contribution in [-0.2, 0) is 20.5 Å². The molecular formula is C15H17ClF3N3O3. The molecule has 0 N–H and O–H groups in total. The van der Waals surface area contributed by atoms with Crippen molar-refractivity contribution in [1.82, 2.24) is 9.88 Å². The summed E-state index contributed by atoms with van der Waals surface area (Å²) >= 11 is 5.93. The van der Waals surface area contributed by atoms with E-state index in [1.165, 1.54) is 4.90 Å². The fourth-order valence-electron chi connectivity index (χ4n) is 2.32. The van der Waals surface area contributed by atoms with E-state index < -0.39 is 17.7 Å². The minimum absolute atomic E-state index is 0.0912. The molecule has 0 aliphatic carbocycles. The quantitative estimate of drug-likeness (QED) is 0.751. The molecule has 25 heavy (non-hydrogen) atoms. The molecule has 1 aliphatic heterocycles. The number of hydrogen-bond donors (Lipinski definition) is 0. The van der Waals surface area contributed by atoms with Crippen LogP contribution in [-0.4, -0.2) is 54.5 Å². The fourth-order valence-corrected chi connectivity index (χ4v) is 2.61. The van der Waals surface area contributed by atoms with Crippen LogP contribution < -0.4 is 4.90 Å². The van der Waals surface area contributed by atoms with E-state index in [1.807, 2.05) is 0 Å². The number of alkyl halides is 3. The molecule has 1 aromatic rings. The maximum atomic E-state index is 12.6. The van der Waals surface area contributed by atoms with Gasteiger partial charge in [0.05, 0.1) is 10.6 Å². The van der Waals surface area contributed by atoms with Gasteiger partial charge in [-0.1, -0.05) is 18.5 Å². The number of aromatic nitrogens is 1. The SMILES string of the molecule is CCC(=O)OCC(=O)N1CCN(c2ncc(C(F)(F)F)cc2Cl)CC1. The second-order valence-corrected chi connectivity index (χ2v) is 5.82. The summed E-state index contributed by atoms with van der Waals surface area (Å²) in [4.78, 5) is 30.1. The fraction of sp³-hybridized carbons (Fsp3) is 0.533. The zero-order valence-electron chi connectivity index (χ0n) is 13.5. The van der Waals surface area contributed by atoms with Gasteiger partial charge in [-0.3, -0.25) is 9.59 Å². The molecule has 0 bridgehead atoms. The number of piperazine rings is 1. The minimum atomic E-state index is -4.50. The molecule has 1 aliphatic rings. The number of pyridine rings is 1. The summed E-state index contributed by atoms with van der Waals surface area (Å²) in [5.41, 5.74) is -0.909. The Morgan fingerprint density at radius 3 is 2.44 bits per heavy atom. The van der Waals surface area contributed by atoms with Crippen LogP contribution in [0.3, 0.4) is 0 Å². The van der Waals surface area contributed by atoms with Gasteiger partial charge in [-0.25, -0.2) is 4.98 Å². The van der Waals surface area contributed by atoms with E-state index in [4.69, 9.17) is 16.3 Å². The Morgan fingerprint density at radius 2 is 1.92 bits per heavy atom. The molecule has 0 radical (unpaired) electrons. The normalized spacial score (nSPS) is 15.2. The highest BCUT2D eigenvalue weighted by atomic mass is 35.5. The van der Waals surface area contributed by atoms with Crippen LogP contribution >= 0.6 is 11.6 Å². The summed E-state index contributed by atoms with van der Waals surface area (Å²) in [5.74, 6) is -0.514. The third-order valence-electron chi connectivity index (χ3n) is 3.73. The molecule has 2 heterocycles. The first kappa shape index (κ1) is 19.3. The first-order valence-electron chi connectivity index (χ1n) is 7.63. The molecule has 0 atom stereocenters. The Labute approximate surface area is 147 Å². The topological polar surface area (TPSA) is 62.7 Å². The van der Waals surface area contributed by atoms with E-state index in [0.29, 0.717) is 26.2 Å². The highest BCUT2D eigenvalue weighted by Crippen LogP contribution is 2.33. The molecule has 0 saturated carbocycles. The van der Waals surface area contributed by atoms with Crippen molar-refractivity contribution >= 4 is 29.3 Å². The zero-order valence-corrected chi connectivity index (χ0v) is 14.2. The van der Waals surface area contributed by atoms with Crippen LogP contribution in [0.4, 0.5) is 19.0 Å². The third-order valence-corrected chi connectivity index (χ3v) is 4.00. The van der Waals surface area contributed by atoms with Gasteiger partial charge in [0, 0.05) is 38.8 Å². The molecule has 1 aromatic heterocycles. The van der Waals surface area contributed by atoms with Gasteiger partial charge in [-0.05, 0) is 6.07 Å². The summed E-state index contributed by atoms with van der Waals surface area (Å²) in [6, 6.07) is 0.839. The molecule has 1 saturated heterocycles. The highest BCUT2D eigenvalue weighted by molar-refractivity contribution is 6.33. The van der Waals surface area contributed by atoms with Gasteiger partial charge in [0.15, 0.2) is 6.61 Å².